The highest BCUT2D eigenvalue weighted by Gasteiger charge is 2.35. The predicted octanol–water partition coefficient (Wildman–Crippen LogP) is 2.95. The van der Waals surface area contributed by atoms with Gasteiger partial charge in [0.15, 0.2) is 12.3 Å². The number of esters is 1. The number of rotatable bonds is 8. The van der Waals surface area contributed by atoms with E-state index in [9.17, 15) is 26.4 Å². The second kappa shape index (κ2) is 9.60. The van der Waals surface area contributed by atoms with E-state index in [1.165, 1.54) is 19.2 Å². The molecule has 0 saturated carbocycles. The third-order valence-electron chi connectivity index (χ3n) is 4.36. The zero-order valence-electron chi connectivity index (χ0n) is 17.3. The highest BCUT2D eigenvalue weighted by Crippen LogP contribution is 2.33. The molecule has 1 aromatic heterocycles. The molecule has 0 atom stereocenters. The summed E-state index contributed by atoms with van der Waals surface area (Å²) in [6, 6.07) is 12.1. The van der Waals surface area contributed by atoms with Crippen molar-refractivity contribution in [3.63, 3.8) is 0 Å². The molecule has 0 saturated heterocycles. The van der Waals surface area contributed by atoms with Crippen LogP contribution in [0.1, 0.15) is 5.69 Å². The molecular weight excluding hydrogens is 466 g/mol. The van der Waals surface area contributed by atoms with Crippen LogP contribution in [0.2, 0.25) is 0 Å². The van der Waals surface area contributed by atoms with E-state index in [1.54, 1.807) is 29.2 Å². The molecule has 0 aliphatic carbocycles. The molecule has 0 radical (unpaired) electrons. The van der Waals surface area contributed by atoms with Crippen LogP contribution in [-0.4, -0.2) is 45.0 Å². The summed E-state index contributed by atoms with van der Waals surface area (Å²) in [5.74, 6) is -0.268. The molecule has 0 amide bonds. The molecular formula is C20H18F3N3O6S. The molecule has 0 aliphatic rings. The predicted molar refractivity (Wildman–Crippen MR) is 109 cm³/mol. The topological polar surface area (TPSA) is 109 Å². The van der Waals surface area contributed by atoms with Crippen LogP contribution < -0.4 is 9.62 Å². The van der Waals surface area contributed by atoms with Crippen molar-refractivity contribution >= 4 is 16.0 Å². The van der Waals surface area contributed by atoms with Gasteiger partial charge in [0.1, 0.15) is 5.75 Å². The van der Waals surface area contributed by atoms with Crippen molar-refractivity contribution in [2.45, 2.75) is 11.1 Å². The Morgan fingerprint density at radius 3 is 2.24 bits per heavy atom. The number of alkyl halides is 3. The Hall–Kier alpha value is -3.42. The van der Waals surface area contributed by atoms with E-state index < -0.39 is 34.5 Å². The Kier molecular flexibility index (Phi) is 7.05. The van der Waals surface area contributed by atoms with Gasteiger partial charge in [0.25, 0.3) is 10.0 Å². The number of ether oxygens (including phenoxy) is 2. The van der Waals surface area contributed by atoms with E-state index in [0.29, 0.717) is 11.3 Å². The van der Waals surface area contributed by atoms with Crippen molar-refractivity contribution in [2.24, 2.45) is 0 Å². The number of nitrogens with zero attached hydrogens (tertiary/aromatic N) is 2. The molecule has 1 heterocycles. The van der Waals surface area contributed by atoms with E-state index in [-0.39, 0.29) is 16.3 Å². The van der Waals surface area contributed by atoms with Gasteiger partial charge in [-0.15, -0.1) is 0 Å². The average Bonchev–Trinajstić information content (AvgIpc) is 3.25. The molecule has 0 fully saturated rings. The fourth-order valence-electron chi connectivity index (χ4n) is 2.72. The minimum Gasteiger partial charge on any atom is -0.497 e. The standard InChI is InChI=1S/C20H18F3N3O6S/c1-30-15-7-3-13(4-8-15)17-11-18(20(21,22)23)24-26(17)14-5-9-16(10-6-14)33(28,29)25-32-12-19(27)31-2/h3-11,25H,12H2,1-2H3/i2-1. The number of sulfonamides is 1. The Labute approximate surface area is 186 Å². The second-order valence-electron chi connectivity index (χ2n) is 6.50. The number of hydrogen-bond acceptors (Lipinski definition) is 7. The number of methoxy groups -OCH3 is 2. The van der Waals surface area contributed by atoms with Gasteiger partial charge in [-0.1, -0.05) is 4.89 Å². The van der Waals surface area contributed by atoms with Crippen LogP contribution in [0.15, 0.2) is 59.5 Å². The highest BCUT2D eigenvalue weighted by molar-refractivity contribution is 7.89. The third kappa shape index (κ3) is 5.69. The summed E-state index contributed by atoms with van der Waals surface area (Å²) in [6.07, 6.45) is -4.68. The van der Waals surface area contributed by atoms with Crippen LogP contribution >= 0.6 is 0 Å². The minimum atomic E-state index is -4.68. The van der Waals surface area contributed by atoms with Crippen molar-refractivity contribution in [1.29, 1.82) is 0 Å². The summed E-state index contributed by atoms with van der Waals surface area (Å²) in [5, 5.41) is 3.66. The Bertz CT molecular complexity index is 1220. The second-order valence-corrected chi connectivity index (χ2v) is 8.14. The SMILES string of the molecule is COc1ccc(-c2cc(C(F)(F)F)nn2-c2ccc(S(=O)(=O)NOCC(=O)O[11CH3])cc2)cc1. The van der Waals surface area contributed by atoms with Gasteiger partial charge >= 0.3 is 12.1 Å². The lowest BCUT2D eigenvalue weighted by atomic mass is 10.1. The van der Waals surface area contributed by atoms with E-state index in [4.69, 9.17) is 4.74 Å². The molecule has 3 aromatic rings. The first kappa shape index (κ1) is 24.2. The molecule has 0 spiro atoms. The van der Waals surface area contributed by atoms with Crippen LogP contribution in [0.25, 0.3) is 16.9 Å². The van der Waals surface area contributed by atoms with Crippen molar-refractivity contribution in [3.8, 4) is 22.7 Å². The summed E-state index contributed by atoms with van der Waals surface area (Å²) in [7, 11) is -1.58. The van der Waals surface area contributed by atoms with E-state index in [2.05, 4.69) is 14.7 Å². The zero-order chi connectivity index (χ0) is 24.2. The first-order chi connectivity index (χ1) is 15.5. The van der Waals surface area contributed by atoms with Crippen molar-refractivity contribution in [2.75, 3.05) is 20.8 Å². The molecule has 3 rings (SSSR count). The lowest BCUT2D eigenvalue weighted by Crippen LogP contribution is -2.27. The minimum absolute atomic E-state index is 0.139. The molecule has 9 nitrogen and oxygen atoms in total. The molecule has 176 valence electrons. The molecule has 2 aromatic carbocycles. The highest BCUT2D eigenvalue weighted by atomic mass is 32.2. The van der Waals surface area contributed by atoms with Gasteiger partial charge in [0.2, 0.25) is 0 Å². The van der Waals surface area contributed by atoms with Gasteiger partial charge in [-0.25, -0.2) is 17.9 Å². The molecule has 13 heteroatoms. The van der Waals surface area contributed by atoms with Gasteiger partial charge in [-0.2, -0.15) is 18.3 Å². The maximum atomic E-state index is 13.3. The number of carbonyl (C=O) groups excluding carboxylic acids is 1. The first-order valence-corrected chi connectivity index (χ1v) is 10.7. The Morgan fingerprint density at radius 1 is 1.06 bits per heavy atom. The van der Waals surface area contributed by atoms with Gasteiger partial charge < -0.3 is 9.47 Å². The summed E-state index contributed by atoms with van der Waals surface area (Å²) in [6.45, 7) is -0.646. The molecule has 33 heavy (non-hydrogen) atoms. The number of nitrogens with one attached hydrogen (secondary N) is 1. The normalized spacial score (nSPS) is 11.9. The first-order valence-electron chi connectivity index (χ1n) is 9.17. The number of carbonyl (C=O) groups is 1. The van der Waals surface area contributed by atoms with Gasteiger partial charge in [-0.3, -0.25) is 4.84 Å². The van der Waals surface area contributed by atoms with Crippen LogP contribution in [-0.2, 0) is 30.6 Å². The van der Waals surface area contributed by atoms with Crippen LogP contribution in [0.4, 0.5) is 13.2 Å². The van der Waals surface area contributed by atoms with Crippen LogP contribution in [0.3, 0.4) is 0 Å². The van der Waals surface area contributed by atoms with E-state index in [1.807, 2.05) is 0 Å². The Morgan fingerprint density at radius 2 is 1.70 bits per heavy atom. The van der Waals surface area contributed by atoms with Crippen molar-refractivity contribution in [1.82, 2.24) is 14.7 Å². The fourth-order valence-corrected chi connectivity index (χ4v) is 3.53. The monoisotopic (exact) mass is 484 g/mol. The maximum Gasteiger partial charge on any atom is 0.435 e. The average molecular weight is 484 g/mol. The summed E-state index contributed by atoms with van der Waals surface area (Å²) >= 11 is 0. The van der Waals surface area contributed by atoms with Gasteiger partial charge in [0.05, 0.1) is 30.5 Å². The van der Waals surface area contributed by atoms with Gasteiger partial charge in [-0.05, 0) is 54.6 Å². The summed E-state index contributed by atoms with van der Waals surface area (Å²) in [5.41, 5.74) is -0.345. The smallest absolute Gasteiger partial charge is 0.435 e. The quantitative estimate of drug-likeness (QED) is 0.387. The lowest BCUT2D eigenvalue weighted by Gasteiger charge is -2.10. The maximum absolute atomic E-state index is 13.3. The zero-order valence-corrected chi connectivity index (χ0v) is 18.1. The van der Waals surface area contributed by atoms with E-state index >= 15 is 0 Å². The van der Waals surface area contributed by atoms with Gasteiger partial charge in [0, 0.05) is 5.56 Å². The van der Waals surface area contributed by atoms with E-state index in [0.717, 1.165) is 30.0 Å². The molecule has 1 N–H and O–H groups in total. The fraction of sp³-hybridized carbons (Fsp3) is 0.200. The largest absolute Gasteiger partial charge is 0.497 e. The third-order valence-corrected chi connectivity index (χ3v) is 5.59. The molecule has 0 bridgehead atoms. The molecule has 0 aliphatic heterocycles. The summed E-state index contributed by atoms with van der Waals surface area (Å²) in [4.78, 5) is 17.1. The van der Waals surface area contributed by atoms with Crippen molar-refractivity contribution in [3.05, 3.63) is 60.3 Å². The Balaban J connectivity index is 1.93. The number of aromatic nitrogens is 2. The lowest BCUT2D eigenvalue weighted by molar-refractivity contribution is -0.147. The summed E-state index contributed by atoms with van der Waals surface area (Å²) < 4.78 is 74.9. The number of halogens is 3. The van der Waals surface area contributed by atoms with Crippen LogP contribution in [0.5, 0.6) is 5.75 Å². The molecule has 0 unspecified atom stereocenters. The number of hydrogen-bond donors (Lipinski definition) is 1. The van der Waals surface area contributed by atoms with Crippen LogP contribution in [0, 0.1) is 0 Å². The number of benzene rings is 2. The van der Waals surface area contributed by atoms with Crippen molar-refractivity contribution < 1.29 is 40.7 Å².